The summed E-state index contributed by atoms with van der Waals surface area (Å²) >= 11 is 1.69. The van der Waals surface area contributed by atoms with Gasteiger partial charge >= 0.3 is 6.03 Å². The van der Waals surface area contributed by atoms with Gasteiger partial charge in [-0.3, -0.25) is 0 Å². The Labute approximate surface area is 179 Å². The molecule has 7 heteroatoms. The molecule has 0 bridgehead atoms. The number of carbonyl (C=O) groups is 1. The maximum absolute atomic E-state index is 12.6. The number of para-hydroxylation sites is 1. The van der Waals surface area contributed by atoms with Crippen LogP contribution in [0.2, 0.25) is 0 Å². The lowest BCUT2D eigenvalue weighted by Crippen LogP contribution is -2.28. The van der Waals surface area contributed by atoms with Crippen molar-refractivity contribution in [3.63, 3.8) is 0 Å². The maximum Gasteiger partial charge on any atom is 0.319 e. The van der Waals surface area contributed by atoms with Crippen LogP contribution in [0.1, 0.15) is 5.56 Å². The number of nitrogens with one attached hydrogen (secondary N) is 2. The number of fused-ring (bicyclic) bond motifs is 1. The number of nitrogens with zero attached hydrogens (tertiary/aromatic N) is 1. The van der Waals surface area contributed by atoms with Crippen molar-refractivity contribution in [2.24, 2.45) is 7.05 Å². The molecule has 0 unspecified atom stereocenters. The highest BCUT2D eigenvalue weighted by Crippen LogP contribution is 2.35. The monoisotopic (exact) mass is 421 g/mol. The number of aryl methyl sites for hydroxylation is 1. The fourth-order valence-corrected chi connectivity index (χ4v) is 4.47. The van der Waals surface area contributed by atoms with Gasteiger partial charge in [-0.2, -0.15) is 0 Å². The average molecular weight is 422 g/mol. The minimum Gasteiger partial charge on any atom is -0.493 e. The molecule has 2 heterocycles. The normalized spacial score (nSPS) is 10.8. The third-order valence-electron chi connectivity index (χ3n) is 5.03. The second-order valence-electron chi connectivity index (χ2n) is 6.76. The van der Waals surface area contributed by atoms with Crippen LogP contribution in [0.4, 0.5) is 10.5 Å². The van der Waals surface area contributed by atoms with Gasteiger partial charge in [0, 0.05) is 41.8 Å². The van der Waals surface area contributed by atoms with Gasteiger partial charge in [-0.1, -0.05) is 24.3 Å². The molecule has 6 nitrogen and oxygen atoms in total. The standard InChI is InChI=1S/C23H23N3O3S/c1-26-18-8-5-4-7-16(18)17(22(26)21-9-6-12-30-21)14-24-23(27)25-15-10-11-19(28-2)20(13-15)29-3/h4-13H,14H2,1-3H3,(H2,24,25,27). The third kappa shape index (κ3) is 3.71. The lowest BCUT2D eigenvalue weighted by Gasteiger charge is -2.12. The summed E-state index contributed by atoms with van der Waals surface area (Å²) in [4.78, 5) is 13.8. The molecule has 2 amide bonds. The van der Waals surface area contributed by atoms with E-state index in [9.17, 15) is 4.79 Å². The molecular formula is C23H23N3O3S. The zero-order chi connectivity index (χ0) is 21.1. The van der Waals surface area contributed by atoms with Gasteiger partial charge in [-0.25, -0.2) is 4.79 Å². The summed E-state index contributed by atoms with van der Waals surface area (Å²) < 4.78 is 12.7. The highest BCUT2D eigenvalue weighted by atomic mass is 32.1. The van der Waals surface area contributed by atoms with E-state index >= 15 is 0 Å². The predicted molar refractivity (Wildman–Crippen MR) is 122 cm³/mol. The van der Waals surface area contributed by atoms with E-state index in [1.807, 2.05) is 18.2 Å². The van der Waals surface area contributed by atoms with Crippen molar-refractivity contribution in [2.45, 2.75) is 6.54 Å². The largest absolute Gasteiger partial charge is 0.493 e. The number of amides is 2. The second kappa shape index (κ2) is 8.51. The summed E-state index contributed by atoms with van der Waals surface area (Å²) in [6.45, 7) is 0.410. The van der Waals surface area contributed by atoms with Crippen molar-refractivity contribution in [3.05, 3.63) is 65.5 Å². The molecule has 2 aromatic heterocycles. The van der Waals surface area contributed by atoms with E-state index in [-0.39, 0.29) is 6.03 Å². The molecule has 2 N–H and O–H groups in total. The summed E-state index contributed by atoms with van der Waals surface area (Å²) in [6.07, 6.45) is 0. The van der Waals surface area contributed by atoms with Crippen molar-refractivity contribution >= 4 is 34.0 Å². The third-order valence-corrected chi connectivity index (χ3v) is 5.91. The molecular weight excluding hydrogens is 398 g/mol. The van der Waals surface area contributed by atoms with Crippen LogP contribution in [0, 0.1) is 0 Å². The van der Waals surface area contributed by atoms with Gasteiger partial charge in [0.25, 0.3) is 0 Å². The Kier molecular flexibility index (Phi) is 5.63. The van der Waals surface area contributed by atoms with E-state index in [0.717, 1.165) is 22.2 Å². The van der Waals surface area contributed by atoms with Crippen LogP contribution in [0.3, 0.4) is 0 Å². The summed E-state index contributed by atoms with van der Waals surface area (Å²) in [5.41, 5.74) is 3.98. The number of hydrogen-bond acceptors (Lipinski definition) is 4. The number of aromatic nitrogens is 1. The number of carbonyl (C=O) groups excluding carboxylic acids is 1. The Morgan fingerprint density at radius 1 is 1.03 bits per heavy atom. The topological polar surface area (TPSA) is 64.5 Å². The molecule has 4 rings (SSSR count). The number of benzene rings is 2. The Morgan fingerprint density at radius 2 is 1.83 bits per heavy atom. The number of rotatable bonds is 6. The van der Waals surface area contributed by atoms with Crippen LogP contribution in [0.15, 0.2) is 60.0 Å². The Hall–Kier alpha value is -3.45. The molecule has 0 aliphatic heterocycles. The van der Waals surface area contributed by atoms with Crippen molar-refractivity contribution in [2.75, 3.05) is 19.5 Å². The molecule has 4 aromatic rings. The molecule has 0 atom stereocenters. The van der Waals surface area contributed by atoms with Crippen LogP contribution in [0.5, 0.6) is 11.5 Å². The fourth-order valence-electron chi connectivity index (χ4n) is 3.64. The molecule has 0 radical (unpaired) electrons. The first kappa shape index (κ1) is 19.8. The van der Waals surface area contributed by atoms with Gasteiger partial charge in [0.15, 0.2) is 11.5 Å². The van der Waals surface area contributed by atoms with Gasteiger partial charge < -0.3 is 24.7 Å². The molecule has 0 fully saturated rings. The highest BCUT2D eigenvalue weighted by Gasteiger charge is 2.18. The van der Waals surface area contributed by atoms with Crippen LogP contribution < -0.4 is 20.1 Å². The molecule has 0 aliphatic carbocycles. The molecule has 30 heavy (non-hydrogen) atoms. The molecule has 2 aromatic carbocycles. The van der Waals surface area contributed by atoms with Crippen LogP contribution in [-0.2, 0) is 13.6 Å². The minimum atomic E-state index is -0.285. The van der Waals surface area contributed by atoms with Gasteiger partial charge in [0.1, 0.15) is 0 Å². The molecule has 0 saturated carbocycles. The van der Waals surface area contributed by atoms with E-state index in [0.29, 0.717) is 23.7 Å². The van der Waals surface area contributed by atoms with E-state index in [4.69, 9.17) is 9.47 Å². The Balaban J connectivity index is 1.57. The van der Waals surface area contributed by atoms with Crippen LogP contribution in [-0.4, -0.2) is 24.8 Å². The van der Waals surface area contributed by atoms with Crippen LogP contribution >= 0.6 is 11.3 Å². The lowest BCUT2D eigenvalue weighted by atomic mass is 10.1. The van der Waals surface area contributed by atoms with Crippen molar-refractivity contribution in [1.29, 1.82) is 0 Å². The highest BCUT2D eigenvalue weighted by molar-refractivity contribution is 7.13. The van der Waals surface area contributed by atoms with Crippen molar-refractivity contribution < 1.29 is 14.3 Å². The van der Waals surface area contributed by atoms with E-state index in [2.05, 4.69) is 45.8 Å². The number of anilines is 1. The fraction of sp³-hybridized carbons (Fsp3) is 0.174. The lowest BCUT2D eigenvalue weighted by molar-refractivity contribution is 0.252. The zero-order valence-corrected chi connectivity index (χ0v) is 17.9. The van der Waals surface area contributed by atoms with E-state index in [1.54, 1.807) is 43.8 Å². The number of thiophene rings is 1. The van der Waals surface area contributed by atoms with Gasteiger partial charge in [0.05, 0.1) is 24.8 Å². The van der Waals surface area contributed by atoms with Crippen molar-refractivity contribution in [3.8, 4) is 22.1 Å². The molecule has 0 saturated heterocycles. The summed E-state index contributed by atoms with van der Waals surface area (Å²) in [5, 5.41) is 9.05. The molecule has 154 valence electrons. The minimum absolute atomic E-state index is 0.285. The van der Waals surface area contributed by atoms with Gasteiger partial charge in [-0.15, -0.1) is 11.3 Å². The smallest absolute Gasteiger partial charge is 0.319 e. The van der Waals surface area contributed by atoms with Crippen molar-refractivity contribution in [1.82, 2.24) is 9.88 Å². The summed E-state index contributed by atoms with van der Waals surface area (Å²) in [6, 6.07) is 17.4. The number of ether oxygens (including phenoxy) is 2. The Morgan fingerprint density at radius 3 is 2.57 bits per heavy atom. The number of hydrogen-bond donors (Lipinski definition) is 2. The summed E-state index contributed by atoms with van der Waals surface area (Å²) in [5.74, 6) is 1.17. The number of methoxy groups -OCH3 is 2. The second-order valence-corrected chi connectivity index (χ2v) is 7.71. The first-order chi connectivity index (χ1) is 14.6. The molecule has 0 spiro atoms. The van der Waals surface area contributed by atoms with E-state index < -0.39 is 0 Å². The first-order valence-electron chi connectivity index (χ1n) is 9.49. The Bertz CT molecular complexity index is 1180. The van der Waals surface area contributed by atoms with E-state index in [1.165, 1.54) is 4.88 Å². The maximum atomic E-state index is 12.6. The quantitative estimate of drug-likeness (QED) is 0.447. The summed E-state index contributed by atoms with van der Waals surface area (Å²) in [7, 11) is 5.20. The number of urea groups is 1. The van der Waals surface area contributed by atoms with Gasteiger partial charge in [-0.05, 0) is 29.6 Å². The predicted octanol–water partition coefficient (Wildman–Crippen LogP) is 5.25. The zero-order valence-electron chi connectivity index (χ0n) is 17.1. The van der Waals surface area contributed by atoms with Gasteiger partial charge in [0.2, 0.25) is 0 Å². The average Bonchev–Trinajstić information content (AvgIpc) is 3.39. The SMILES string of the molecule is COc1ccc(NC(=O)NCc2c(-c3cccs3)n(C)c3ccccc23)cc1OC. The first-order valence-corrected chi connectivity index (χ1v) is 10.4. The van der Waals surface area contributed by atoms with Crippen LogP contribution in [0.25, 0.3) is 21.5 Å². The molecule has 0 aliphatic rings.